The van der Waals surface area contributed by atoms with Crippen LogP contribution in [-0.2, 0) is 4.74 Å². The van der Waals surface area contributed by atoms with Gasteiger partial charge in [-0.3, -0.25) is 4.90 Å². The van der Waals surface area contributed by atoms with Crippen molar-refractivity contribution >= 4 is 34.6 Å². The van der Waals surface area contributed by atoms with Crippen molar-refractivity contribution in [3.05, 3.63) is 53.7 Å². The lowest BCUT2D eigenvalue weighted by Crippen LogP contribution is -2.48. The van der Waals surface area contributed by atoms with Crippen molar-refractivity contribution in [1.82, 2.24) is 9.30 Å². The fraction of sp³-hybridized carbons (Fsp3) is 0.414. The van der Waals surface area contributed by atoms with Gasteiger partial charge in [0.2, 0.25) is 0 Å². The van der Waals surface area contributed by atoms with Crippen LogP contribution in [0, 0.1) is 11.8 Å². The number of nitrogens with zero attached hydrogens (tertiary/aromatic N) is 2. The molecular formula is C29H31F3N4O3S. The Morgan fingerprint density at radius 3 is 2.67 bits per heavy atom. The lowest BCUT2D eigenvalue weighted by atomic mass is 9.97. The molecule has 0 amide bonds. The highest BCUT2D eigenvalue weighted by molar-refractivity contribution is 8.00. The number of ether oxygens (including phenoxy) is 2. The van der Waals surface area contributed by atoms with E-state index in [1.54, 1.807) is 40.9 Å². The van der Waals surface area contributed by atoms with Crippen LogP contribution in [0.25, 0.3) is 5.52 Å². The van der Waals surface area contributed by atoms with E-state index in [-0.39, 0.29) is 29.4 Å². The van der Waals surface area contributed by atoms with Crippen molar-refractivity contribution < 1.29 is 27.4 Å². The molecule has 2 fully saturated rings. The first-order valence-corrected chi connectivity index (χ1v) is 13.9. The third-order valence-corrected chi connectivity index (χ3v) is 8.54. The number of carbonyl (C=O) groups excluding carboxylic acids is 1. The van der Waals surface area contributed by atoms with Gasteiger partial charge < -0.3 is 24.5 Å². The van der Waals surface area contributed by atoms with Crippen LogP contribution in [0.15, 0.2) is 47.6 Å². The van der Waals surface area contributed by atoms with Gasteiger partial charge in [0.15, 0.2) is 0 Å². The number of fused-ring (bicyclic) bond motifs is 3. The Bertz CT molecular complexity index is 1460. The monoisotopic (exact) mass is 572 g/mol. The fourth-order valence-corrected chi connectivity index (χ4v) is 6.46. The first kappa shape index (κ1) is 28.1. The summed E-state index contributed by atoms with van der Waals surface area (Å²) in [6.07, 6.45) is 6.11. The second kappa shape index (κ2) is 11.6. The number of thioether (sulfide) groups is 1. The highest BCUT2D eigenvalue weighted by Gasteiger charge is 2.40. The molecule has 2 aliphatic rings. The molecule has 0 saturated carbocycles. The van der Waals surface area contributed by atoms with Gasteiger partial charge in [0.25, 0.3) is 0 Å². The van der Waals surface area contributed by atoms with Gasteiger partial charge in [-0.05, 0) is 69.1 Å². The van der Waals surface area contributed by atoms with Crippen LogP contribution in [0.5, 0.6) is 5.75 Å². The van der Waals surface area contributed by atoms with E-state index in [1.165, 1.54) is 20.6 Å². The molecule has 2 N–H and O–H groups in total. The molecule has 0 radical (unpaired) electrons. The summed E-state index contributed by atoms with van der Waals surface area (Å²) in [7, 11) is 4.93. The highest BCUT2D eigenvalue weighted by Crippen LogP contribution is 2.41. The zero-order valence-electron chi connectivity index (χ0n) is 22.5. The number of alkyl halides is 3. The van der Waals surface area contributed by atoms with Crippen LogP contribution in [0.1, 0.15) is 41.6 Å². The minimum absolute atomic E-state index is 0.0281. The molecule has 0 aliphatic carbocycles. The molecule has 3 aromatic rings. The van der Waals surface area contributed by atoms with Crippen LogP contribution in [-0.4, -0.2) is 66.7 Å². The predicted octanol–water partition coefficient (Wildman–Crippen LogP) is 5.85. The molecule has 7 nitrogen and oxygen atoms in total. The fourth-order valence-electron chi connectivity index (χ4n) is 5.77. The van der Waals surface area contributed by atoms with Crippen molar-refractivity contribution in [2.24, 2.45) is 0 Å². The molecule has 2 aliphatic heterocycles. The Morgan fingerprint density at radius 2 is 1.93 bits per heavy atom. The Balaban J connectivity index is 1.40. The molecular weight excluding hydrogens is 541 g/mol. The largest absolute Gasteiger partial charge is 0.495 e. The zero-order chi connectivity index (χ0) is 28.4. The molecule has 40 heavy (non-hydrogen) atoms. The average molecular weight is 573 g/mol. The second-order valence-corrected chi connectivity index (χ2v) is 11.0. The first-order chi connectivity index (χ1) is 19.2. The number of benzene rings is 1. The zero-order valence-corrected chi connectivity index (χ0v) is 23.3. The Labute approximate surface area is 235 Å². The summed E-state index contributed by atoms with van der Waals surface area (Å²) in [4.78, 5) is 14.2. The first-order valence-electron chi connectivity index (χ1n) is 13.1. The molecule has 2 aromatic heterocycles. The van der Waals surface area contributed by atoms with Gasteiger partial charge >= 0.3 is 11.5 Å². The quantitative estimate of drug-likeness (QED) is 0.209. The maximum absolute atomic E-state index is 13.6. The number of pyridine rings is 1. The molecule has 11 heteroatoms. The van der Waals surface area contributed by atoms with Gasteiger partial charge in [-0.25, -0.2) is 4.79 Å². The van der Waals surface area contributed by atoms with Gasteiger partial charge in [-0.15, -0.1) is 0 Å². The van der Waals surface area contributed by atoms with Gasteiger partial charge in [0, 0.05) is 36.1 Å². The number of esters is 1. The molecule has 212 valence electrons. The lowest BCUT2D eigenvalue weighted by Gasteiger charge is -2.38. The van der Waals surface area contributed by atoms with Gasteiger partial charge in [0.1, 0.15) is 10.8 Å². The number of methoxy groups -OCH3 is 2. The van der Waals surface area contributed by atoms with Crippen molar-refractivity contribution in [2.45, 2.75) is 54.3 Å². The van der Waals surface area contributed by atoms with E-state index in [9.17, 15) is 18.0 Å². The van der Waals surface area contributed by atoms with Crippen LogP contribution >= 0.6 is 11.8 Å². The molecule has 4 heterocycles. The number of aromatic nitrogens is 1. The second-order valence-electron chi connectivity index (χ2n) is 9.94. The number of hydrogen-bond donors (Lipinski definition) is 2. The third-order valence-electron chi connectivity index (χ3n) is 7.70. The van der Waals surface area contributed by atoms with Gasteiger partial charge in [-0.1, -0.05) is 11.8 Å². The number of likely N-dealkylation sites (N-methyl/N-ethyl adjacent to an activating group) is 1. The predicted molar refractivity (Wildman–Crippen MR) is 150 cm³/mol. The molecule has 5 rings (SSSR count). The number of rotatable bonds is 7. The van der Waals surface area contributed by atoms with Crippen molar-refractivity contribution in [1.29, 1.82) is 0 Å². The molecule has 3 atom stereocenters. The van der Waals surface area contributed by atoms with Gasteiger partial charge in [0.05, 0.1) is 48.8 Å². The van der Waals surface area contributed by atoms with Crippen molar-refractivity contribution in [3.8, 4) is 17.6 Å². The number of halogens is 3. The Morgan fingerprint density at radius 1 is 1.12 bits per heavy atom. The summed E-state index contributed by atoms with van der Waals surface area (Å²) in [5, 5.41) is 6.77. The van der Waals surface area contributed by atoms with Crippen LogP contribution in [0.3, 0.4) is 0 Å². The average Bonchev–Trinajstić information content (AvgIpc) is 3.38. The molecule has 2 bridgehead atoms. The van der Waals surface area contributed by atoms with E-state index >= 15 is 0 Å². The lowest BCUT2D eigenvalue weighted by molar-refractivity contribution is -0.0329. The van der Waals surface area contributed by atoms with E-state index < -0.39 is 11.5 Å². The molecule has 2 saturated heterocycles. The van der Waals surface area contributed by atoms with Crippen molar-refractivity contribution in [3.63, 3.8) is 0 Å². The number of anilines is 2. The molecule has 0 unspecified atom stereocenters. The maximum Gasteiger partial charge on any atom is 0.447 e. The summed E-state index contributed by atoms with van der Waals surface area (Å²) < 4.78 is 52.4. The minimum Gasteiger partial charge on any atom is -0.495 e. The van der Waals surface area contributed by atoms with Crippen molar-refractivity contribution in [2.75, 3.05) is 38.4 Å². The highest BCUT2D eigenvalue weighted by atomic mass is 32.2. The molecule has 0 spiro atoms. The van der Waals surface area contributed by atoms with Crippen LogP contribution < -0.4 is 15.4 Å². The SMILES string of the molecule is COC(=O)c1ccc(NCC#Cc2cc3c(N[C@@H]4CC[C@@H]5CC[C@H]4N5C)cccn3c2SC(F)(F)F)c(OC)c1. The van der Waals surface area contributed by atoms with Crippen LogP contribution in [0.4, 0.5) is 24.5 Å². The van der Waals surface area contributed by atoms with Gasteiger partial charge in [-0.2, -0.15) is 13.2 Å². The van der Waals surface area contributed by atoms with E-state index in [4.69, 9.17) is 9.47 Å². The van der Waals surface area contributed by atoms with E-state index in [2.05, 4.69) is 34.4 Å². The number of hydrogen-bond acceptors (Lipinski definition) is 7. The summed E-state index contributed by atoms with van der Waals surface area (Å²) in [5.74, 6) is 5.80. The summed E-state index contributed by atoms with van der Waals surface area (Å²) >= 11 is -0.162. The summed E-state index contributed by atoms with van der Waals surface area (Å²) in [5.41, 5.74) is -1.78. The standard InChI is InChI=1S/C29H31F3N4O3S/c1-35-20-9-12-22(24(35)13-10-20)34-21-7-5-15-36-25(21)16-18(27(36)40-29(30,31)32)6-4-14-33-23-11-8-19(28(37)39-3)17-26(23)38-2/h5,7-8,11,15-17,20,22,24,33-34H,9-10,12-14H2,1-3H3/t20-,22-,24-/m1/s1. The van der Waals surface area contributed by atoms with E-state index in [0.717, 1.165) is 24.9 Å². The number of nitrogens with one attached hydrogen (secondary N) is 2. The minimum atomic E-state index is -4.47. The Kier molecular flexibility index (Phi) is 8.10. The third kappa shape index (κ3) is 5.83. The Hall–Kier alpha value is -3.49. The molecule has 1 aromatic carbocycles. The smallest absolute Gasteiger partial charge is 0.447 e. The van der Waals surface area contributed by atoms with E-state index in [0.29, 0.717) is 40.2 Å². The topological polar surface area (TPSA) is 67.2 Å². The maximum atomic E-state index is 13.6. The van der Waals surface area contributed by atoms with E-state index in [1.807, 2.05) is 6.07 Å². The van der Waals surface area contributed by atoms with Crippen LogP contribution in [0.2, 0.25) is 0 Å². The summed E-state index contributed by atoms with van der Waals surface area (Å²) in [6, 6.07) is 11.5. The number of carbonyl (C=O) groups is 1. The normalized spacial score (nSPS) is 20.6. The summed E-state index contributed by atoms with van der Waals surface area (Å²) in [6.45, 7) is 0.151. The number of piperidine rings is 1.